The van der Waals surface area contributed by atoms with Gasteiger partial charge in [-0.3, -0.25) is 4.98 Å². The number of hydrogen-bond donors (Lipinski definition) is 1. The van der Waals surface area contributed by atoms with Crippen LogP contribution >= 0.6 is 0 Å². The van der Waals surface area contributed by atoms with Crippen LogP contribution in [0.4, 0.5) is 4.79 Å². The molecule has 7 heteroatoms. The third kappa shape index (κ3) is 4.99. The van der Waals surface area contributed by atoms with Crippen LogP contribution < -0.4 is 5.32 Å². The van der Waals surface area contributed by atoms with E-state index in [2.05, 4.69) is 26.5 Å². The first-order valence-corrected chi connectivity index (χ1v) is 9.99. The summed E-state index contributed by atoms with van der Waals surface area (Å²) in [5, 5.41) is 7.03. The van der Waals surface area contributed by atoms with Crippen molar-refractivity contribution >= 4 is 6.03 Å². The molecule has 0 spiro atoms. The second-order valence-electron chi connectivity index (χ2n) is 7.46. The van der Waals surface area contributed by atoms with E-state index >= 15 is 0 Å². The molecule has 3 heterocycles. The van der Waals surface area contributed by atoms with Crippen LogP contribution in [0.25, 0.3) is 11.3 Å². The number of carbonyl (C=O) groups excluding carboxylic acids is 1. The maximum atomic E-state index is 12.7. The first-order valence-electron chi connectivity index (χ1n) is 9.99. The van der Waals surface area contributed by atoms with Crippen LogP contribution in [0, 0.1) is 12.8 Å². The fraction of sp³-hybridized carbons (Fsp3) is 0.364. The van der Waals surface area contributed by atoms with Crippen molar-refractivity contribution in [2.75, 3.05) is 13.1 Å². The number of likely N-dealkylation sites (tertiary alicyclic amines) is 1. The number of urea groups is 1. The molecule has 1 aliphatic rings. The second-order valence-corrected chi connectivity index (χ2v) is 7.46. The lowest BCUT2D eigenvalue weighted by Crippen LogP contribution is -2.45. The van der Waals surface area contributed by atoms with Gasteiger partial charge in [-0.05, 0) is 42.5 Å². The molecule has 0 radical (unpaired) electrons. The average molecular weight is 391 g/mol. The number of rotatable bonds is 5. The minimum absolute atomic E-state index is 0.0257. The molecule has 0 bridgehead atoms. The molecule has 3 aromatic rings. The van der Waals surface area contributed by atoms with Gasteiger partial charge in [0.05, 0.1) is 5.69 Å². The molecule has 1 unspecified atom stereocenters. The second kappa shape index (κ2) is 8.86. The minimum Gasteiger partial charge on any atom is -0.340 e. The van der Waals surface area contributed by atoms with E-state index in [0.717, 1.165) is 48.5 Å². The number of hydrogen-bond acceptors (Lipinski definition) is 5. The number of carbonyl (C=O) groups is 1. The highest BCUT2D eigenvalue weighted by atomic mass is 16.5. The van der Waals surface area contributed by atoms with E-state index in [0.29, 0.717) is 24.9 Å². The standard InChI is InChI=1S/C22H25N5O2/c1-16-25-21(26-29-16)13-18-7-5-11-27(15-18)22(28)24-14-17-6-4-8-19(12-17)20-9-2-3-10-23-20/h2-4,6,8-10,12,18H,5,7,11,13-15H2,1H3,(H,24,28). The zero-order valence-electron chi connectivity index (χ0n) is 16.5. The molecule has 4 rings (SSSR count). The molecule has 1 N–H and O–H groups in total. The van der Waals surface area contributed by atoms with E-state index in [-0.39, 0.29) is 6.03 Å². The summed E-state index contributed by atoms with van der Waals surface area (Å²) in [4.78, 5) is 23.2. The van der Waals surface area contributed by atoms with E-state index in [1.54, 1.807) is 13.1 Å². The Bertz CT molecular complexity index is 957. The Morgan fingerprint density at radius 3 is 3.00 bits per heavy atom. The average Bonchev–Trinajstić information content (AvgIpc) is 3.17. The molecule has 0 aliphatic carbocycles. The van der Waals surface area contributed by atoms with Crippen molar-refractivity contribution in [2.45, 2.75) is 32.7 Å². The number of benzene rings is 1. The molecule has 29 heavy (non-hydrogen) atoms. The first-order chi connectivity index (χ1) is 14.2. The van der Waals surface area contributed by atoms with Gasteiger partial charge in [0.1, 0.15) is 0 Å². The lowest BCUT2D eigenvalue weighted by Gasteiger charge is -2.32. The topological polar surface area (TPSA) is 84.2 Å². The van der Waals surface area contributed by atoms with Gasteiger partial charge in [-0.15, -0.1) is 0 Å². The molecule has 2 aromatic heterocycles. The third-order valence-corrected chi connectivity index (χ3v) is 5.18. The molecule has 1 atom stereocenters. The van der Waals surface area contributed by atoms with Gasteiger partial charge in [0, 0.05) is 44.7 Å². The molecule has 1 fully saturated rings. The molecular formula is C22H25N5O2. The summed E-state index contributed by atoms with van der Waals surface area (Å²) in [7, 11) is 0. The van der Waals surface area contributed by atoms with Crippen LogP contribution in [0.1, 0.15) is 30.1 Å². The molecule has 1 saturated heterocycles. The van der Waals surface area contributed by atoms with Crippen molar-refractivity contribution in [3.63, 3.8) is 0 Å². The molecule has 7 nitrogen and oxygen atoms in total. The highest BCUT2D eigenvalue weighted by Crippen LogP contribution is 2.21. The number of nitrogens with one attached hydrogen (secondary N) is 1. The largest absolute Gasteiger partial charge is 0.340 e. The van der Waals surface area contributed by atoms with E-state index in [4.69, 9.17) is 4.52 Å². The van der Waals surface area contributed by atoms with Crippen LogP contribution in [0.2, 0.25) is 0 Å². The number of pyridine rings is 1. The Hall–Kier alpha value is -3.22. The van der Waals surface area contributed by atoms with E-state index < -0.39 is 0 Å². The number of aromatic nitrogens is 3. The quantitative estimate of drug-likeness (QED) is 0.718. The van der Waals surface area contributed by atoms with Gasteiger partial charge in [-0.2, -0.15) is 4.98 Å². The van der Waals surface area contributed by atoms with Gasteiger partial charge in [-0.25, -0.2) is 4.79 Å². The maximum absolute atomic E-state index is 12.7. The summed E-state index contributed by atoms with van der Waals surface area (Å²) in [6.45, 7) is 3.78. The zero-order chi connectivity index (χ0) is 20.1. The Morgan fingerprint density at radius 2 is 2.21 bits per heavy atom. The fourth-order valence-corrected chi connectivity index (χ4v) is 3.76. The number of aryl methyl sites for hydroxylation is 1. The number of nitrogens with zero attached hydrogens (tertiary/aromatic N) is 4. The van der Waals surface area contributed by atoms with Crippen molar-refractivity contribution in [1.82, 2.24) is 25.3 Å². The molecule has 150 valence electrons. The third-order valence-electron chi connectivity index (χ3n) is 5.18. The van der Waals surface area contributed by atoms with Gasteiger partial charge >= 0.3 is 6.03 Å². The van der Waals surface area contributed by atoms with E-state index in [1.165, 1.54) is 0 Å². The van der Waals surface area contributed by atoms with E-state index in [1.807, 2.05) is 41.3 Å². The lowest BCUT2D eigenvalue weighted by atomic mass is 9.95. The van der Waals surface area contributed by atoms with Gasteiger partial charge in [0.2, 0.25) is 5.89 Å². The van der Waals surface area contributed by atoms with Crippen LogP contribution in [-0.2, 0) is 13.0 Å². The van der Waals surface area contributed by atoms with Gasteiger partial charge in [0.15, 0.2) is 5.82 Å². The van der Waals surface area contributed by atoms with Crippen LogP contribution in [-0.4, -0.2) is 39.1 Å². The van der Waals surface area contributed by atoms with Crippen molar-refractivity contribution < 1.29 is 9.32 Å². The van der Waals surface area contributed by atoms with E-state index in [9.17, 15) is 4.79 Å². The van der Waals surface area contributed by atoms with Crippen molar-refractivity contribution in [2.24, 2.45) is 5.92 Å². The van der Waals surface area contributed by atoms with Crippen LogP contribution in [0.3, 0.4) is 0 Å². The Morgan fingerprint density at radius 1 is 1.28 bits per heavy atom. The molecule has 2 amide bonds. The first kappa shape index (κ1) is 19.1. The lowest BCUT2D eigenvalue weighted by molar-refractivity contribution is 0.164. The maximum Gasteiger partial charge on any atom is 0.317 e. The Labute approximate surface area is 170 Å². The summed E-state index contributed by atoms with van der Waals surface area (Å²) in [6, 6.07) is 13.9. The predicted octanol–water partition coefficient (Wildman–Crippen LogP) is 3.60. The number of amides is 2. The highest BCUT2D eigenvalue weighted by Gasteiger charge is 2.25. The fourth-order valence-electron chi connectivity index (χ4n) is 3.76. The smallest absolute Gasteiger partial charge is 0.317 e. The monoisotopic (exact) mass is 391 g/mol. The van der Waals surface area contributed by atoms with Crippen molar-refractivity contribution in [3.05, 3.63) is 65.9 Å². The summed E-state index contributed by atoms with van der Waals surface area (Å²) < 4.78 is 5.05. The molecule has 1 aliphatic heterocycles. The minimum atomic E-state index is -0.0257. The summed E-state index contributed by atoms with van der Waals surface area (Å²) in [5.74, 6) is 1.67. The van der Waals surface area contributed by atoms with Crippen LogP contribution in [0.15, 0.2) is 53.2 Å². The van der Waals surface area contributed by atoms with Gasteiger partial charge in [0.25, 0.3) is 0 Å². The molecule has 1 aromatic carbocycles. The van der Waals surface area contributed by atoms with Gasteiger partial charge < -0.3 is 14.7 Å². The van der Waals surface area contributed by atoms with Crippen molar-refractivity contribution in [1.29, 1.82) is 0 Å². The number of piperidine rings is 1. The Kier molecular flexibility index (Phi) is 5.84. The molecule has 0 saturated carbocycles. The summed E-state index contributed by atoms with van der Waals surface area (Å²) in [6.07, 6.45) is 4.59. The summed E-state index contributed by atoms with van der Waals surface area (Å²) >= 11 is 0. The Balaban J connectivity index is 1.32. The van der Waals surface area contributed by atoms with Gasteiger partial charge in [-0.1, -0.05) is 29.4 Å². The normalized spacial score (nSPS) is 16.6. The van der Waals surface area contributed by atoms with Crippen LogP contribution in [0.5, 0.6) is 0 Å². The predicted molar refractivity (Wildman–Crippen MR) is 109 cm³/mol. The molecular weight excluding hydrogens is 366 g/mol. The zero-order valence-corrected chi connectivity index (χ0v) is 16.5. The highest BCUT2D eigenvalue weighted by molar-refractivity contribution is 5.74. The summed E-state index contributed by atoms with van der Waals surface area (Å²) in [5.41, 5.74) is 3.03. The SMILES string of the molecule is Cc1nc(CC2CCCN(C(=O)NCc3cccc(-c4ccccn4)c3)C2)no1. The van der Waals surface area contributed by atoms with Crippen molar-refractivity contribution in [3.8, 4) is 11.3 Å².